The molecule has 1 N–H and O–H groups in total. The first-order valence-electron chi connectivity index (χ1n) is 12.1. The van der Waals surface area contributed by atoms with E-state index >= 15 is 0 Å². The van der Waals surface area contributed by atoms with E-state index in [4.69, 9.17) is 9.97 Å². The Balaban J connectivity index is 1.17. The van der Waals surface area contributed by atoms with E-state index in [1.807, 2.05) is 19.2 Å². The number of aromatic nitrogens is 3. The van der Waals surface area contributed by atoms with Gasteiger partial charge in [-0.25, -0.2) is 27.7 Å². The second kappa shape index (κ2) is 7.74. The fourth-order valence-electron chi connectivity index (χ4n) is 5.79. The van der Waals surface area contributed by atoms with Crippen LogP contribution in [-0.4, -0.2) is 90.2 Å². The predicted octanol–water partition coefficient (Wildman–Crippen LogP) is 1.84. The number of nitrogens with one attached hydrogen (secondary N) is 1. The fraction of sp³-hybridized carbons (Fsp3) is 0.696. The van der Waals surface area contributed by atoms with Gasteiger partial charge < -0.3 is 15.1 Å². The highest BCUT2D eigenvalue weighted by atomic mass is 32.2. The highest BCUT2D eigenvalue weighted by molar-refractivity contribution is 7.90. The average Bonchev–Trinajstić information content (AvgIpc) is 3.55. The summed E-state index contributed by atoms with van der Waals surface area (Å²) >= 11 is 0. The van der Waals surface area contributed by atoms with Crippen LogP contribution in [-0.2, 0) is 10.0 Å². The van der Waals surface area contributed by atoms with Gasteiger partial charge in [-0.1, -0.05) is 0 Å². The molecule has 0 unspecified atom stereocenters. The average molecular weight is 472 g/mol. The molecule has 0 atom stereocenters. The van der Waals surface area contributed by atoms with E-state index in [0.717, 1.165) is 67.7 Å². The summed E-state index contributed by atoms with van der Waals surface area (Å²) in [6.07, 6.45) is 6.31. The van der Waals surface area contributed by atoms with Crippen LogP contribution in [0, 0.1) is 12.3 Å². The summed E-state index contributed by atoms with van der Waals surface area (Å²) < 4.78 is 26.7. The van der Waals surface area contributed by atoms with Gasteiger partial charge in [0.05, 0.1) is 5.25 Å². The van der Waals surface area contributed by atoms with E-state index in [2.05, 4.69) is 27.1 Å². The third-order valence-electron chi connectivity index (χ3n) is 7.75. The van der Waals surface area contributed by atoms with Crippen molar-refractivity contribution in [2.75, 3.05) is 56.5 Å². The van der Waals surface area contributed by atoms with E-state index in [9.17, 15) is 8.42 Å². The number of hydrogen-bond acceptors (Lipinski definition) is 8. The van der Waals surface area contributed by atoms with Crippen LogP contribution < -0.4 is 10.2 Å². The standard InChI is InChI=1S/C23H33N7O2S/c1-16-11-17-12-24-22(26-18-5-8-30(9-6-18)33(31,32)19-3-4-19)27-20(17)21(25-16)29-14-23(15-29)7-10-28(2)13-23/h11-12,18-19H,3-10,13-15H2,1-2H3,(H,24,26,27). The number of piperidine rings is 1. The van der Waals surface area contributed by atoms with Crippen molar-refractivity contribution in [3.63, 3.8) is 0 Å². The first-order valence-corrected chi connectivity index (χ1v) is 13.7. The van der Waals surface area contributed by atoms with Gasteiger partial charge in [0.25, 0.3) is 0 Å². The summed E-state index contributed by atoms with van der Waals surface area (Å²) in [5, 5.41) is 4.34. The van der Waals surface area contributed by atoms with Gasteiger partial charge in [0.1, 0.15) is 5.52 Å². The molecule has 178 valence electrons. The maximum atomic E-state index is 12.5. The third-order valence-corrected chi connectivity index (χ3v) is 10.1. The molecule has 6 rings (SSSR count). The van der Waals surface area contributed by atoms with Crippen molar-refractivity contribution in [1.82, 2.24) is 24.2 Å². The van der Waals surface area contributed by atoms with Crippen molar-refractivity contribution in [2.45, 2.75) is 50.3 Å². The monoisotopic (exact) mass is 471 g/mol. The van der Waals surface area contributed by atoms with Gasteiger partial charge in [-0.15, -0.1) is 0 Å². The van der Waals surface area contributed by atoms with Crippen molar-refractivity contribution in [3.05, 3.63) is 18.0 Å². The lowest BCUT2D eigenvalue weighted by Gasteiger charge is -2.49. The molecule has 3 saturated heterocycles. The molecular formula is C23H33N7O2S. The van der Waals surface area contributed by atoms with E-state index in [0.29, 0.717) is 24.5 Å². The molecular weight excluding hydrogens is 438 g/mol. The largest absolute Gasteiger partial charge is 0.353 e. The van der Waals surface area contributed by atoms with Gasteiger partial charge >= 0.3 is 0 Å². The number of aryl methyl sites for hydroxylation is 1. The fourth-order valence-corrected chi connectivity index (χ4v) is 7.66. The summed E-state index contributed by atoms with van der Waals surface area (Å²) in [5.74, 6) is 1.56. The summed E-state index contributed by atoms with van der Waals surface area (Å²) in [7, 11) is -0.882. The van der Waals surface area contributed by atoms with Crippen LogP contribution in [0.5, 0.6) is 0 Å². The van der Waals surface area contributed by atoms with Crippen LogP contribution in [0.4, 0.5) is 11.8 Å². The molecule has 5 heterocycles. The van der Waals surface area contributed by atoms with Gasteiger partial charge in [-0.05, 0) is 58.7 Å². The first-order chi connectivity index (χ1) is 15.8. The van der Waals surface area contributed by atoms with Crippen molar-refractivity contribution < 1.29 is 8.42 Å². The molecule has 2 aromatic heterocycles. The Kier molecular flexibility index (Phi) is 5.04. The summed E-state index contributed by atoms with van der Waals surface area (Å²) in [6, 6.07) is 2.22. The second-order valence-electron chi connectivity index (χ2n) is 10.6. The SMILES string of the molecule is Cc1cc2cnc(NC3CCN(S(=O)(=O)C4CC4)CC3)nc2c(N2CC3(CCN(C)C3)C2)n1. The number of pyridine rings is 1. The molecule has 4 aliphatic rings. The Labute approximate surface area is 195 Å². The van der Waals surface area contributed by atoms with Gasteiger partial charge in [-0.2, -0.15) is 0 Å². The van der Waals surface area contributed by atoms with Crippen LogP contribution in [0.15, 0.2) is 12.3 Å². The number of hydrogen-bond donors (Lipinski definition) is 1. The summed E-state index contributed by atoms with van der Waals surface area (Å²) in [5.41, 5.74) is 2.28. The van der Waals surface area contributed by atoms with E-state index in [1.54, 1.807) is 4.31 Å². The minimum atomic E-state index is -3.09. The normalized spacial score (nSPS) is 24.5. The lowest BCUT2D eigenvalue weighted by molar-refractivity contribution is 0.217. The molecule has 33 heavy (non-hydrogen) atoms. The van der Waals surface area contributed by atoms with Gasteiger partial charge in [-0.3, -0.25) is 0 Å². The number of fused-ring (bicyclic) bond motifs is 1. The Morgan fingerprint density at radius 3 is 2.48 bits per heavy atom. The number of nitrogens with zero attached hydrogens (tertiary/aromatic N) is 6. The second-order valence-corrected chi connectivity index (χ2v) is 12.8. The summed E-state index contributed by atoms with van der Waals surface area (Å²) in [4.78, 5) is 19.1. The van der Waals surface area contributed by atoms with Gasteiger partial charge in [0.15, 0.2) is 5.82 Å². The molecule has 10 heteroatoms. The zero-order chi connectivity index (χ0) is 22.8. The topological polar surface area (TPSA) is 94.6 Å². The quantitative estimate of drug-likeness (QED) is 0.706. The highest BCUT2D eigenvalue weighted by Gasteiger charge is 2.47. The highest BCUT2D eigenvalue weighted by Crippen LogP contribution is 2.42. The molecule has 2 aromatic rings. The molecule has 1 saturated carbocycles. The predicted molar refractivity (Wildman–Crippen MR) is 129 cm³/mol. The van der Waals surface area contributed by atoms with Crippen LogP contribution in [0.3, 0.4) is 0 Å². The zero-order valence-corrected chi connectivity index (χ0v) is 20.3. The molecule has 0 bridgehead atoms. The number of anilines is 2. The van der Waals surface area contributed by atoms with Gasteiger partial charge in [0.2, 0.25) is 16.0 Å². The first kappa shape index (κ1) is 21.5. The van der Waals surface area contributed by atoms with Crippen LogP contribution in [0.1, 0.15) is 37.8 Å². The van der Waals surface area contributed by atoms with Crippen molar-refractivity contribution in [1.29, 1.82) is 0 Å². The van der Waals surface area contributed by atoms with E-state index in [1.165, 1.54) is 13.0 Å². The molecule has 1 aliphatic carbocycles. The minimum absolute atomic E-state index is 0.134. The summed E-state index contributed by atoms with van der Waals surface area (Å²) in [6.45, 7) is 7.56. The van der Waals surface area contributed by atoms with Crippen molar-refractivity contribution in [2.24, 2.45) is 5.41 Å². The maximum Gasteiger partial charge on any atom is 0.223 e. The molecule has 3 aliphatic heterocycles. The number of sulfonamides is 1. The Hall–Kier alpha value is -2.04. The maximum absolute atomic E-state index is 12.5. The lowest BCUT2D eigenvalue weighted by atomic mass is 9.79. The van der Waals surface area contributed by atoms with Crippen LogP contribution >= 0.6 is 0 Å². The molecule has 4 fully saturated rings. The van der Waals surface area contributed by atoms with Crippen LogP contribution in [0.2, 0.25) is 0 Å². The van der Waals surface area contributed by atoms with Crippen LogP contribution in [0.25, 0.3) is 10.9 Å². The molecule has 9 nitrogen and oxygen atoms in total. The minimum Gasteiger partial charge on any atom is -0.353 e. The molecule has 0 radical (unpaired) electrons. The van der Waals surface area contributed by atoms with E-state index in [-0.39, 0.29) is 11.3 Å². The molecule has 0 amide bonds. The third kappa shape index (κ3) is 3.95. The Morgan fingerprint density at radius 1 is 1.06 bits per heavy atom. The van der Waals surface area contributed by atoms with Crippen molar-refractivity contribution in [3.8, 4) is 0 Å². The van der Waals surface area contributed by atoms with Crippen molar-refractivity contribution >= 4 is 32.7 Å². The van der Waals surface area contributed by atoms with E-state index < -0.39 is 10.0 Å². The Bertz CT molecular complexity index is 1170. The Morgan fingerprint density at radius 2 is 1.82 bits per heavy atom. The molecule has 0 aromatic carbocycles. The lowest BCUT2D eigenvalue weighted by Crippen LogP contribution is -2.58. The molecule has 1 spiro atoms. The number of rotatable bonds is 5. The zero-order valence-electron chi connectivity index (χ0n) is 19.5. The van der Waals surface area contributed by atoms with Gasteiger partial charge in [0, 0.05) is 61.5 Å². The number of likely N-dealkylation sites (tertiary alicyclic amines) is 1. The smallest absolute Gasteiger partial charge is 0.223 e.